The summed E-state index contributed by atoms with van der Waals surface area (Å²) in [5, 5.41) is 0. The first-order valence-corrected chi connectivity index (χ1v) is 19.1. The summed E-state index contributed by atoms with van der Waals surface area (Å²) in [6.45, 7) is 2.66. The van der Waals surface area contributed by atoms with E-state index in [1.54, 1.807) is 48.5 Å². The first-order chi connectivity index (χ1) is 27.0. The monoisotopic (exact) mass is 744 g/mol. The van der Waals surface area contributed by atoms with Crippen molar-refractivity contribution in [1.82, 2.24) is 0 Å². The van der Waals surface area contributed by atoms with Gasteiger partial charge < -0.3 is 28.4 Å². The third-order valence-corrected chi connectivity index (χ3v) is 9.52. The van der Waals surface area contributed by atoms with Crippen LogP contribution in [0.3, 0.4) is 0 Å². The molecule has 2 atom stereocenters. The first kappa shape index (κ1) is 39.0. The fourth-order valence-corrected chi connectivity index (χ4v) is 6.30. The number of ether oxygens (including phenoxy) is 6. The Kier molecular flexibility index (Phi) is 14.7. The first-order valence-electron chi connectivity index (χ1n) is 19.1. The van der Waals surface area contributed by atoms with Crippen molar-refractivity contribution in [3.05, 3.63) is 144 Å². The number of carbonyl (C=O) groups is 3. The lowest BCUT2D eigenvalue weighted by atomic mass is 9.95. The van der Waals surface area contributed by atoms with Crippen molar-refractivity contribution in [1.29, 1.82) is 0 Å². The van der Waals surface area contributed by atoms with E-state index in [0.717, 1.165) is 57.1 Å². The van der Waals surface area contributed by atoms with Crippen LogP contribution in [0.1, 0.15) is 88.0 Å². The average Bonchev–Trinajstić information content (AvgIpc) is 3.23. The van der Waals surface area contributed by atoms with Crippen LogP contribution in [0.5, 0.6) is 23.0 Å². The van der Waals surface area contributed by atoms with Gasteiger partial charge in [0, 0.05) is 13.2 Å². The number of hydrogen-bond donors (Lipinski definition) is 0. The minimum absolute atomic E-state index is 0.00426. The summed E-state index contributed by atoms with van der Waals surface area (Å²) in [6, 6.07) is 26.7. The highest BCUT2D eigenvalue weighted by atomic mass is 16.6. The van der Waals surface area contributed by atoms with Crippen LogP contribution in [0.2, 0.25) is 0 Å². The van der Waals surface area contributed by atoms with Gasteiger partial charge in [0.2, 0.25) is 0 Å². The van der Waals surface area contributed by atoms with Gasteiger partial charge in [0.25, 0.3) is 0 Å². The maximum absolute atomic E-state index is 13.4. The van der Waals surface area contributed by atoms with Crippen molar-refractivity contribution in [3.8, 4) is 23.0 Å². The van der Waals surface area contributed by atoms with Gasteiger partial charge in [0.1, 0.15) is 35.2 Å². The molecule has 6 rings (SSSR count). The molecule has 0 aromatic heterocycles. The molecule has 2 aliphatic carbocycles. The van der Waals surface area contributed by atoms with E-state index in [1.807, 2.05) is 30.3 Å². The average molecular weight is 745 g/mol. The molecule has 0 heterocycles. The van der Waals surface area contributed by atoms with Crippen molar-refractivity contribution >= 4 is 17.9 Å². The zero-order chi connectivity index (χ0) is 38.1. The van der Waals surface area contributed by atoms with Crippen molar-refractivity contribution in [2.45, 2.75) is 58.0 Å². The fourth-order valence-electron chi connectivity index (χ4n) is 6.30. The molecular formula is C46H48O9. The quantitative estimate of drug-likeness (QED) is 0.0426. The summed E-state index contributed by atoms with van der Waals surface area (Å²) in [4.78, 5) is 39.7. The molecule has 55 heavy (non-hydrogen) atoms. The molecule has 4 aromatic carbocycles. The molecule has 0 bridgehead atoms. The highest BCUT2D eigenvalue weighted by molar-refractivity contribution is 5.97. The van der Waals surface area contributed by atoms with E-state index in [0.29, 0.717) is 48.7 Å². The number of rotatable bonds is 18. The Morgan fingerprint density at radius 2 is 1.16 bits per heavy atom. The van der Waals surface area contributed by atoms with Gasteiger partial charge >= 0.3 is 17.9 Å². The third-order valence-electron chi connectivity index (χ3n) is 9.52. The molecule has 0 N–H and O–H groups in total. The normalized spacial score (nSPS) is 16.2. The fraction of sp³-hybridized carbons (Fsp3) is 0.326. The van der Waals surface area contributed by atoms with Crippen molar-refractivity contribution in [2.75, 3.05) is 26.4 Å². The van der Waals surface area contributed by atoms with E-state index < -0.39 is 17.9 Å². The van der Waals surface area contributed by atoms with Gasteiger partial charge in [-0.1, -0.05) is 54.6 Å². The Hall–Kier alpha value is -5.67. The molecule has 0 spiro atoms. The number of unbranched alkanes of at least 4 members (excludes halogenated alkanes) is 1. The maximum Gasteiger partial charge on any atom is 0.343 e. The second-order valence-corrected chi connectivity index (χ2v) is 13.8. The minimum Gasteiger partial charge on any atom is -0.494 e. The SMILES string of the molecule is O=C(Oc1ccc(OC(=O)c2ccc(OCCCCOCC3CC=CCC3)cc2)c(C(=O)OCc2ccccc2)c1)c1ccc(OCC2CC=CCC2)cc1. The summed E-state index contributed by atoms with van der Waals surface area (Å²) in [7, 11) is 0. The van der Waals surface area contributed by atoms with Gasteiger partial charge in [0.05, 0.1) is 24.3 Å². The molecule has 0 radical (unpaired) electrons. The lowest BCUT2D eigenvalue weighted by molar-refractivity contribution is 0.0465. The molecule has 2 aliphatic rings. The summed E-state index contributed by atoms with van der Waals surface area (Å²) in [5.41, 5.74) is 1.28. The molecule has 286 valence electrons. The largest absolute Gasteiger partial charge is 0.494 e. The topological polar surface area (TPSA) is 107 Å². The molecule has 0 aliphatic heterocycles. The number of hydrogen-bond acceptors (Lipinski definition) is 9. The Morgan fingerprint density at radius 1 is 0.564 bits per heavy atom. The van der Waals surface area contributed by atoms with Crippen LogP contribution < -0.4 is 18.9 Å². The van der Waals surface area contributed by atoms with Gasteiger partial charge in [-0.15, -0.1) is 0 Å². The number of allylic oxidation sites excluding steroid dienone is 4. The number of carbonyl (C=O) groups excluding carboxylic acids is 3. The van der Waals surface area contributed by atoms with E-state index in [2.05, 4.69) is 24.3 Å². The molecule has 9 nitrogen and oxygen atoms in total. The number of benzene rings is 4. The summed E-state index contributed by atoms with van der Waals surface area (Å²) < 4.78 is 34.5. The van der Waals surface area contributed by atoms with Crippen LogP contribution in [0, 0.1) is 11.8 Å². The molecule has 0 fully saturated rings. The highest BCUT2D eigenvalue weighted by Gasteiger charge is 2.21. The van der Waals surface area contributed by atoms with Gasteiger partial charge in [-0.25, -0.2) is 14.4 Å². The zero-order valence-electron chi connectivity index (χ0n) is 31.1. The lowest BCUT2D eigenvalue weighted by Gasteiger charge is -2.18. The second-order valence-electron chi connectivity index (χ2n) is 13.8. The van der Waals surface area contributed by atoms with E-state index >= 15 is 0 Å². The van der Waals surface area contributed by atoms with Crippen LogP contribution >= 0.6 is 0 Å². The highest BCUT2D eigenvalue weighted by Crippen LogP contribution is 2.28. The molecule has 9 heteroatoms. The Bertz CT molecular complexity index is 1900. The van der Waals surface area contributed by atoms with Crippen LogP contribution in [0.4, 0.5) is 0 Å². The van der Waals surface area contributed by atoms with Gasteiger partial charge in [-0.2, -0.15) is 0 Å². The standard InChI is InChI=1S/C46H48O9/c47-44(37-20-24-40(25-21-37)52-32-35-14-6-2-7-15-35)54-41-26-27-43(42(30-41)46(49)53-33-36-16-8-3-9-17-36)55-45(48)38-18-22-39(23-19-38)51-29-11-10-28-50-31-34-12-4-1-5-13-34/h1-4,6,8-9,16-27,30,34-35H,5,7,10-15,28-29,31-33H2. The van der Waals surface area contributed by atoms with Crippen LogP contribution in [0.25, 0.3) is 0 Å². The van der Waals surface area contributed by atoms with Crippen molar-refractivity contribution < 1.29 is 42.8 Å². The zero-order valence-corrected chi connectivity index (χ0v) is 31.1. The van der Waals surface area contributed by atoms with E-state index in [9.17, 15) is 14.4 Å². The minimum atomic E-state index is -0.750. The predicted molar refractivity (Wildman–Crippen MR) is 209 cm³/mol. The Morgan fingerprint density at radius 3 is 1.82 bits per heavy atom. The van der Waals surface area contributed by atoms with Crippen LogP contribution in [-0.4, -0.2) is 44.3 Å². The van der Waals surface area contributed by atoms with Crippen molar-refractivity contribution in [3.63, 3.8) is 0 Å². The van der Waals surface area contributed by atoms with E-state index in [4.69, 9.17) is 28.4 Å². The van der Waals surface area contributed by atoms with Crippen LogP contribution in [0.15, 0.2) is 121 Å². The predicted octanol–water partition coefficient (Wildman–Crippen LogP) is 9.75. The van der Waals surface area contributed by atoms with Crippen LogP contribution in [-0.2, 0) is 16.1 Å². The molecule has 0 saturated heterocycles. The van der Waals surface area contributed by atoms with Gasteiger partial charge in [-0.05, 0) is 135 Å². The molecule has 2 unspecified atom stereocenters. The molecule has 0 amide bonds. The third kappa shape index (κ3) is 12.4. The van der Waals surface area contributed by atoms with E-state index in [-0.39, 0.29) is 29.2 Å². The van der Waals surface area contributed by atoms with Gasteiger partial charge in [-0.3, -0.25) is 0 Å². The van der Waals surface area contributed by atoms with E-state index in [1.165, 1.54) is 24.6 Å². The molecule has 0 saturated carbocycles. The lowest BCUT2D eigenvalue weighted by Crippen LogP contribution is -2.14. The summed E-state index contributed by atoms with van der Waals surface area (Å²) >= 11 is 0. The second kappa shape index (κ2) is 20.7. The smallest absolute Gasteiger partial charge is 0.343 e. The van der Waals surface area contributed by atoms with Gasteiger partial charge in [0.15, 0.2) is 0 Å². The maximum atomic E-state index is 13.4. The molecular weight excluding hydrogens is 696 g/mol. The Labute approximate surface area is 322 Å². The summed E-state index contributed by atoms with van der Waals surface area (Å²) in [6.07, 6.45) is 17.2. The molecule has 4 aromatic rings. The summed E-state index contributed by atoms with van der Waals surface area (Å²) in [5.74, 6) is 0.383. The Balaban J connectivity index is 1.03. The van der Waals surface area contributed by atoms with Crippen molar-refractivity contribution in [2.24, 2.45) is 11.8 Å². The number of esters is 3.